The molecular formula is C25H36O. The van der Waals surface area contributed by atoms with Crippen molar-refractivity contribution in [2.45, 2.75) is 78.1 Å². The third-order valence-corrected chi connectivity index (χ3v) is 7.88. The first-order valence-corrected chi connectivity index (χ1v) is 10.9. The lowest BCUT2D eigenvalue weighted by Crippen LogP contribution is -2.40. The summed E-state index contributed by atoms with van der Waals surface area (Å²) < 4.78 is 0. The molecule has 26 heavy (non-hydrogen) atoms. The number of benzene rings is 1. The Labute approximate surface area is 159 Å². The Morgan fingerprint density at radius 2 is 1.92 bits per heavy atom. The maximum absolute atomic E-state index is 9.86. The molecule has 1 heteroatoms. The Balaban J connectivity index is 1.57. The van der Waals surface area contributed by atoms with Crippen molar-refractivity contribution in [3.8, 4) is 5.75 Å². The number of allylic oxidation sites excluding steroid dienone is 2. The zero-order chi connectivity index (χ0) is 18.2. The summed E-state index contributed by atoms with van der Waals surface area (Å²) >= 11 is 0. The molecule has 1 spiro atoms. The molecule has 3 aliphatic rings. The van der Waals surface area contributed by atoms with E-state index < -0.39 is 0 Å². The molecule has 1 nitrogen and oxygen atoms in total. The van der Waals surface area contributed by atoms with Crippen molar-refractivity contribution in [3.05, 3.63) is 42.0 Å². The molecule has 0 amide bonds. The van der Waals surface area contributed by atoms with Crippen molar-refractivity contribution < 1.29 is 5.11 Å². The molecule has 0 aromatic heterocycles. The van der Waals surface area contributed by atoms with Gasteiger partial charge in [0.15, 0.2) is 0 Å². The summed E-state index contributed by atoms with van der Waals surface area (Å²) in [6.07, 6.45) is 18.8. The van der Waals surface area contributed by atoms with E-state index in [2.05, 4.69) is 32.1 Å². The van der Waals surface area contributed by atoms with Crippen LogP contribution in [-0.2, 0) is 6.42 Å². The van der Waals surface area contributed by atoms with Gasteiger partial charge < -0.3 is 5.11 Å². The number of hydrogen-bond donors (Lipinski definition) is 1. The van der Waals surface area contributed by atoms with Crippen LogP contribution in [0.3, 0.4) is 0 Å². The Morgan fingerprint density at radius 1 is 1.12 bits per heavy atom. The highest BCUT2D eigenvalue weighted by Crippen LogP contribution is 2.58. The number of aromatic hydroxyl groups is 1. The van der Waals surface area contributed by atoms with Crippen LogP contribution in [0.1, 0.15) is 77.2 Å². The molecule has 0 bridgehead atoms. The molecule has 0 unspecified atom stereocenters. The summed E-state index contributed by atoms with van der Waals surface area (Å²) in [5.74, 6) is 2.85. The third-order valence-electron chi connectivity index (χ3n) is 7.88. The average molecular weight is 353 g/mol. The molecule has 0 radical (unpaired) electrons. The minimum atomic E-state index is 0.394. The normalized spacial score (nSPS) is 36.5. The molecule has 3 aliphatic carbocycles. The SMILES string of the molecule is C[C@@H]1CC=C[C@](C)([C@H]2C[C@H](Cc3cccc(O)c3)CC3(CCCC3)C2)C1. The van der Waals surface area contributed by atoms with E-state index in [1.807, 2.05) is 12.1 Å². The minimum Gasteiger partial charge on any atom is -0.508 e. The fraction of sp³-hybridized carbons (Fsp3) is 0.680. The molecule has 4 rings (SSSR count). The molecule has 0 aliphatic heterocycles. The quantitative estimate of drug-likeness (QED) is 0.586. The fourth-order valence-electron chi connectivity index (χ4n) is 6.77. The second-order valence-electron chi connectivity index (χ2n) is 10.2. The molecule has 142 valence electrons. The van der Waals surface area contributed by atoms with Crippen LogP contribution in [-0.4, -0.2) is 5.11 Å². The van der Waals surface area contributed by atoms with Gasteiger partial charge >= 0.3 is 0 Å². The lowest BCUT2D eigenvalue weighted by atomic mass is 9.55. The van der Waals surface area contributed by atoms with Crippen LogP contribution in [0.5, 0.6) is 5.75 Å². The van der Waals surface area contributed by atoms with Crippen LogP contribution in [0.2, 0.25) is 0 Å². The Morgan fingerprint density at radius 3 is 2.65 bits per heavy atom. The lowest BCUT2D eigenvalue weighted by molar-refractivity contribution is 0.0309. The number of rotatable bonds is 3. The van der Waals surface area contributed by atoms with E-state index >= 15 is 0 Å². The van der Waals surface area contributed by atoms with Gasteiger partial charge in [-0.1, -0.05) is 51.0 Å². The molecule has 1 N–H and O–H groups in total. The maximum Gasteiger partial charge on any atom is 0.115 e. The molecule has 0 heterocycles. The Kier molecular flexibility index (Phi) is 4.92. The highest BCUT2D eigenvalue weighted by molar-refractivity contribution is 5.27. The van der Waals surface area contributed by atoms with Crippen molar-refractivity contribution in [1.82, 2.24) is 0 Å². The highest BCUT2D eigenvalue weighted by atomic mass is 16.3. The van der Waals surface area contributed by atoms with Gasteiger partial charge in [0.25, 0.3) is 0 Å². The summed E-state index contributed by atoms with van der Waals surface area (Å²) in [6, 6.07) is 7.98. The zero-order valence-corrected chi connectivity index (χ0v) is 16.7. The van der Waals surface area contributed by atoms with Gasteiger partial charge in [0.1, 0.15) is 5.75 Å². The number of phenols is 1. The first-order valence-electron chi connectivity index (χ1n) is 10.9. The van der Waals surface area contributed by atoms with Crippen LogP contribution in [0.25, 0.3) is 0 Å². The first kappa shape index (κ1) is 18.1. The van der Waals surface area contributed by atoms with Crippen LogP contribution >= 0.6 is 0 Å². The van der Waals surface area contributed by atoms with Crippen molar-refractivity contribution in [1.29, 1.82) is 0 Å². The largest absolute Gasteiger partial charge is 0.508 e. The van der Waals surface area contributed by atoms with Gasteiger partial charge in [0.05, 0.1) is 0 Å². The van der Waals surface area contributed by atoms with Crippen molar-refractivity contribution >= 4 is 0 Å². The predicted molar refractivity (Wildman–Crippen MR) is 109 cm³/mol. The molecule has 1 aromatic rings. The maximum atomic E-state index is 9.86. The van der Waals surface area contributed by atoms with Crippen LogP contribution < -0.4 is 0 Å². The van der Waals surface area contributed by atoms with E-state index in [1.165, 1.54) is 63.4 Å². The van der Waals surface area contributed by atoms with Gasteiger partial charge in [-0.05, 0) is 97.6 Å². The number of hydrogen-bond acceptors (Lipinski definition) is 1. The van der Waals surface area contributed by atoms with Gasteiger partial charge in [0.2, 0.25) is 0 Å². The van der Waals surface area contributed by atoms with E-state index in [0.29, 0.717) is 16.6 Å². The minimum absolute atomic E-state index is 0.394. The monoisotopic (exact) mass is 352 g/mol. The van der Waals surface area contributed by atoms with Crippen LogP contribution in [0.4, 0.5) is 0 Å². The van der Waals surface area contributed by atoms with E-state index in [-0.39, 0.29) is 0 Å². The summed E-state index contributed by atoms with van der Waals surface area (Å²) in [5.41, 5.74) is 2.33. The first-order chi connectivity index (χ1) is 12.5. The Hall–Kier alpha value is -1.24. The van der Waals surface area contributed by atoms with Crippen molar-refractivity contribution in [2.24, 2.45) is 28.6 Å². The summed E-state index contributed by atoms with van der Waals surface area (Å²) in [5, 5.41) is 9.86. The summed E-state index contributed by atoms with van der Waals surface area (Å²) in [4.78, 5) is 0. The van der Waals surface area contributed by atoms with Gasteiger partial charge in [-0.3, -0.25) is 0 Å². The van der Waals surface area contributed by atoms with Crippen molar-refractivity contribution in [3.63, 3.8) is 0 Å². The summed E-state index contributed by atoms with van der Waals surface area (Å²) in [6.45, 7) is 4.98. The van der Waals surface area contributed by atoms with E-state index in [4.69, 9.17) is 0 Å². The topological polar surface area (TPSA) is 20.2 Å². The van der Waals surface area contributed by atoms with Gasteiger partial charge in [-0.25, -0.2) is 0 Å². The third kappa shape index (κ3) is 3.73. The molecule has 1 aromatic carbocycles. The standard InChI is InChI=1S/C25H36O/c1-19-7-6-10-24(2,16-19)22-14-21(13-20-8-5-9-23(26)15-20)17-25(18-22)11-3-4-12-25/h5-6,8-10,15,19,21-22,26H,3-4,7,11-14,16-18H2,1-2H3/t19-,21+,22+,24+/m1/s1. The molecule has 4 atom stereocenters. The number of phenolic OH excluding ortho intramolecular Hbond substituents is 1. The van der Waals surface area contributed by atoms with Crippen LogP contribution in [0, 0.1) is 28.6 Å². The van der Waals surface area contributed by atoms with Crippen LogP contribution in [0.15, 0.2) is 36.4 Å². The highest BCUT2D eigenvalue weighted by Gasteiger charge is 2.47. The second-order valence-corrected chi connectivity index (χ2v) is 10.2. The van der Waals surface area contributed by atoms with Gasteiger partial charge in [-0.15, -0.1) is 0 Å². The van der Waals surface area contributed by atoms with Crippen molar-refractivity contribution in [2.75, 3.05) is 0 Å². The van der Waals surface area contributed by atoms with E-state index in [0.717, 1.165) is 24.2 Å². The molecular weight excluding hydrogens is 316 g/mol. The smallest absolute Gasteiger partial charge is 0.115 e. The average Bonchev–Trinajstić information content (AvgIpc) is 3.01. The summed E-state index contributed by atoms with van der Waals surface area (Å²) in [7, 11) is 0. The predicted octanol–water partition coefficient (Wildman–Crippen LogP) is 6.90. The van der Waals surface area contributed by atoms with E-state index in [9.17, 15) is 5.11 Å². The van der Waals surface area contributed by atoms with E-state index in [1.54, 1.807) is 6.07 Å². The van der Waals surface area contributed by atoms with Gasteiger partial charge in [-0.2, -0.15) is 0 Å². The zero-order valence-electron chi connectivity index (χ0n) is 16.7. The fourth-order valence-corrected chi connectivity index (χ4v) is 6.77. The Bertz CT molecular complexity index is 654. The molecule has 0 saturated heterocycles. The lowest BCUT2D eigenvalue weighted by Gasteiger charge is -2.50. The molecule has 2 saturated carbocycles. The molecule has 2 fully saturated rings. The second kappa shape index (κ2) is 7.06. The van der Waals surface area contributed by atoms with Gasteiger partial charge in [0, 0.05) is 0 Å².